The second kappa shape index (κ2) is 6.39. The summed E-state index contributed by atoms with van der Waals surface area (Å²) in [7, 11) is 0. The van der Waals surface area contributed by atoms with Crippen LogP contribution in [0.2, 0.25) is 0 Å². The first kappa shape index (κ1) is 13.7. The second-order valence-corrected chi connectivity index (χ2v) is 4.57. The molecule has 5 heteroatoms. The van der Waals surface area contributed by atoms with E-state index in [2.05, 4.69) is 42.8 Å². The summed E-state index contributed by atoms with van der Waals surface area (Å²) in [4.78, 5) is 2.37. The Hall–Kier alpha value is -1.36. The molecule has 0 spiro atoms. The zero-order valence-corrected chi connectivity index (χ0v) is 11.1. The Balaban J connectivity index is 2.38. The lowest BCUT2D eigenvalue weighted by Crippen LogP contribution is -2.39. The van der Waals surface area contributed by atoms with E-state index in [0.717, 1.165) is 6.54 Å². The second-order valence-electron chi connectivity index (χ2n) is 4.57. The van der Waals surface area contributed by atoms with Gasteiger partial charge in [0.25, 0.3) is 0 Å². The van der Waals surface area contributed by atoms with Gasteiger partial charge in [0, 0.05) is 24.7 Å². The maximum atomic E-state index is 5.52. The summed E-state index contributed by atoms with van der Waals surface area (Å²) in [5.41, 5.74) is 5.45. The molecule has 0 aliphatic carbocycles. The third-order valence-electron chi connectivity index (χ3n) is 2.59. The molecule has 1 rings (SSSR count). The smallest absolute Gasteiger partial charge is 0.233 e. The fraction of sp³-hybridized carbons (Fsp3) is 0.667. The highest BCUT2D eigenvalue weighted by atomic mass is 16.5. The molecule has 0 aliphatic heterocycles. The van der Waals surface area contributed by atoms with Crippen molar-refractivity contribution in [3.8, 4) is 5.88 Å². The van der Waals surface area contributed by atoms with Gasteiger partial charge in [-0.2, -0.15) is 0 Å². The van der Waals surface area contributed by atoms with Crippen LogP contribution in [0.3, 0.4) is 0 Å². The quantitative estimate of drug-likeness (QED) is 0.814. The molecule has 1 aromatic heterocycles. The van der Waals surface area contributed by atoms with Crippen LogP contribution in [0.5, 0.6) is 5.88 Å². The summed E-state index contributed by atoms with van der Waals surface area (Å²) in [5.74, 6) is 0.926. The maximum Gasteiger partial charge on any atom is 0.233 e. The van der Waals surface area contributed by atoms with Gasteiger partial charge >= 0.3 is 0 Å². The van der Waals surface area contributed by atoms with E-state index in [9.17, 15) is 0 Å². The average Bonchev–Trinajstić information content (AvgIpc) is 2.25. The zero-order valence-electron chi connectivity index (χ0n) is 11.1. The Morgan fingerprint density at radius 2 is 1.82 bits per heavy atom. The molecule has 0 atom stereocenters. The van der Waals surface area contributed by atoms with Crippen molar-refractivity contribution in [1.29, 1.82) is 0 Å². The van der Waals surface area contributed by atoms with Crippen LogP contribution < -0.4 is 10.5 Å². The van der Waals surface area contributed by atoms with E-state index < -0.39 is 0 Å². The van der Waals surface area contributed by atoms with Gasteiger partial charge in [-0.15, -0.1) is 10.2 Å². The number of ether oxygens (including phenoxy) is 1. The molecule has 1 aromatic rings. The maximum absolute atomic E-state index is 5.52. The minimum atomic E-state index is 0.406. The van der Waals surface area contributed by atoms with Crippen molar-refractivity contribution in [3.63, 3.8) is 0 Å². The summed E-state index contributed by atoms with van der Waals surface area (Å²) >= 11 is 0. The first-order valence-electron chi connectivity index (χ1n) is 5.98. The molecule has 2 N–H and O–H groups in total. The van der Waals surface area contributed by atoms with Gasteiger partial charge in [0.15, 0.2) is 0 Å². The van der Waals surface area contributed by atoms with Crippen LogP contribution in [0.1, 0.15) is 27.7 Å². The van der Waals surface area contributed by atoms with E-state index in [-0.39, 0.29) is 0 Å². The molecule has 0 fully saturated rings. The molecule has 0 saturated heterocycles. The molecule has 0 aliphatic rings. The molecule has 0 aromatic carbocycles. The zero-order chi connectivity index (χ0) is 12.8. The lowest BCUT2D eigenvalue weighted by atomic mass is 10.2. The Morgan fingerprint density at radius 1 is 1.18 bits per heavy atom. The molecule has 1 heterocycles. The van der Waals surface area contributed by atoms with E-state index in [0.29, 0.717) is 30.4 Å². The molecule has 0 radical (unpaired) electrons. The summed E-state index contributed by atoms with van der Waals surface area (Å²) in [5, 5.41) is 7.59. The van der Waals surface area contributed by atoms with Crippen LogP contribution in [0.15, 0.2) is 12.1 Å². The number of aromatic nitrogens is 2. The summed E-state index contributed by atoms with van der Waals surface area (Å²) in [6, 6.07) is 4.44. The first-order chi connectivity index (χ1) is 8.00. The van der Waals surface area contributed by atoms with Crippen molar-refractivity contribution >= 4 is 5.82 Å². The molecule has 0 unspecified atom stereocenters. The van der Waals surface area contributed by atoms with Crippen molar-refractivity contribution < 1.29 is 4.74 Å². The largest absolute Gasteiger partial charge is 0.475 e. The van der Waals surface area contributed by atoms with Gasteiger partial charge in [0.1, 0.15) is 12.4 Å². The minimum Gasteiger partial charge on any atom is -0.475 e. The third kappa shape index (κ3) is 4.56. The van der Waals surface area contributed by atoms with Gasteiger partial charge in [0.05, 0.1) is 0 Å². The third-order valence-corrected chi connectivity index (χ3v) is 2.59. The number of nitrogens with zero attached hydrogens (tertiary/aromatic N) is 3. The fourth-order valence-electron chi connectivity index (χ4n) is 1.78. The highest BCUT2D eigenvalue weighted by Crippen LogP contribution is 2.07. The van der Waals surface area contributed by atoms with E-state index in [1.165, 1.54) is 0 Å². The van der Waals surface area contributed by atoms with Gasteiger partial charge < -0.3 is 10.5 Å². The Kier molecular flexibility index (Phi) is 5.15. The van der Waals surface area contributed by atoms with Gasteiger partial charge in [0.2, 0.25) is 5.88 Å². The Labute approximate surface area is 103 Å². The number of hydrogen-bond acceptors (Lipinski definition) is 5. The minimum absolute atomic E-state index is 0.406. The molecular formula is C12H22N4O. The first-order valence-corrected chi connectivity index (χ1v) is 5.98. The van der Waals surface area contributed by atoms with Gasteiger partial charge in [-0.25, -0.2) is 0 Å². The van der Waals surface area contributed by atoms with Crippen LogP contribution in [-0.2, 0) is 0 Å². The highest BCUT2D eigenvalue weighted by Gasteiger charge is 2.12. The van der Waals surface area contributed by atoms with Crippen LogP contribution in [0.4, 0.5) is 5.82 Å². The van der Waals surface area contributed by atoms with Gasteiger partial charge in [-0.3, -0.25) is 4.90 Å². The van der Waals surface area contributed by atoms with Crippen LogP contribution in [-0.4, -0.2) is 40.3 Å². The van der Waals surface area contributed by atoms with E-state index >= 15 is 0 Å². The topological polar surface area (TPSA) is 64.3 Å². The Morgan fingerprint density at radius 3 is 2.29 bits per heavy atom. The monoisotopic (exact) mass is 238 g/mol. The average molecular weight is 238 g/mol. The van der Waals surface area contributed by atoms with Crippen LogP contribution in [0.25, 0.3) is 0 Å². The lowest BCUT2D eigenvalue weighted by molar-refractivity contribution is 0.139. The van der Waals surface area contributed by atoms with Crippen molar-refractivity contribution in [2.24, 2.45) is 0 Å². The lowest BCUT2D eigenvalue weighted by Gasteiger charge is -2.30. The SMILES string of the molecule is CC(C)N(CCOc1ccc(N)nn1)C(C)C. The van der Waals surface area contributed by atoms with Crippen molar-refractivity contribution in [3.05, 3.63) is 12.1 Å². The number of rotatable bonds is 6. The fourth-order valence-corrected chi connectivity index (χ4v) is 1.78. The van der Waals surface area contributed by atoms with E-state index in [4.69, 9.17) is 10.5 Å². The van der Waals surface area contributed by atoms with Gasteiger partial charge in [-0.05, 0) is 33.8 Å². The van der Waals surface area contributed by atoms with Crippen LogP contribution >= 0.6 is 0 Å². The van der Waals surface area contributed by atoms with Gasteiger partial charge in [-0.1, -0.05) is 0 Å². The molecule has 0 amide bonds. The molecule has 0 saturated carbocycles. The summed E-state index contributed by atoms with van der Waals surface area (Å²) < 4.78 is 5.52. The number of hydrogen-bond donors (Lipinski definition) is 1. The number of anilines is 1. The van der Waals surface area contributed by atoms with Crippen molar-refractivity contribution in [1.82, 2.24) is 15.1 Å². The molecule has 5 nitrogen and oxygen atoms in total. The van der Waals surface area contributed by atoms with E-state index in [1.807, 2.05) is 0 Å². The summed E-state index contributed by atoms with van der Waals surface area (Å²) in [6.07, 6.45) is 0. The predicted octanol–water partition coefficient (Wildman–Crippen LogP) is 1.56. The molecule has 96 valence electrons. The molecular weight excluding hydrogens is 216 g/mol. The number of nitrogens with two attached hydrogens (primary N) is 1. The molecule has 0 bridgehead atoms. The summed E-state index contributed by atoms with van der Waals surface area (Å²) in [6.45, 7) is 10.2. The van der Waals surface area contributed by atoms with Crippen molar-refractivity contribution in [2.75, 3.05) is 18.9 Å². The van der Waals surface area contributed by atoms with Crippen LogP contribution in [0, 0.1) is 0 Å². The van der Waals surface area contributed by atoms with Crippen molar-refractivity contribution in [2.45, 2.75) is 39.8 Å². The Bertz CT molecular complexity index is 316. The molecule has 17 heavy (non-hydrogen) atoms. The normalized spacial score (nSPS) is 11.5. The number of nitrogen functional groups attached to an aromatic ring is 1. The van der Waals surface area contributed by atoms with E-state index in [1.54, 1.807) is 12.1 Å². The standard InChI is InChI=1S/C12H22N4O/c1-9(2)16(10(3)4)7-8-17-12-6-5-11(13)14-15-12/h5-6,9-10H,7-8H2,1-4H3,(H2,13,14). The predicted molar refractivity (Wildman–Crippen MR) is 68.9 cm³/mol. The highest BCUT2D eigenvalue weighted by molar-refractivity contribution is 5.27.